The molecule has 2 heteroatoms. The van der Waals surface area contributed by atoms with E-state index in [1.54, 1.807) is 0 Å². The van der Waals surface area contributed by atoms with E-state index in [-0.39, 0.29) is 5.60 Å². The van der Waals surface area contributed by atoms with Crippen molar-refractivity contribution in [2.45, 2.75) is 63.5 Å². The molecule has 16 heavy (non-hydrogen) atoms. The van der Waals surface area contributed by atoms with Crippen LogP contribution in [0.2, 0.25) is 0 Å². The van der Waals surface area contributed by atoms with E-state index in [1.165, 1.54) is 38.5 Å². The van der Waals surface area contributed by atoms with Gasteiger partial charge in [-0.25, -0.2) is 0 Å². The molecule has 0 radical (unpaired) electrons. The number of ether oxygens (including phenoxy) is 1. The van der Waals surface area contributed by atoms with E-state index in [1.807, 2.05) is 6.08 Å². The Balaban J connectivity index is 2.23. The molecule has 2 atom stereocenters. The number of hydrogen-bond acceptors (Lipinski definition) is 2. The molecule has 0 aliphatic carbocycles. The maximum Gasteiger partial charge on any atom is 0.0807 e. The quantitative estimate of drug-likeness (QED) is 0.505. The van der Waals surface area contributed by atoms with Crippen molar-refractivity contribution in [2.24, 2.45) is 0 Å². The summed E-state index contributed by atoms with van der Waals surface area (Å²) in [5.74, 6) is 0. The fourth-order valence-electron chi connectivity index (χ4n) is 2.64. The van der Waals surface area contributed by atoms with Gasteiger partial charge in [-0.2, -0.15) is 0 Å². The fourth-order valence-corrected chi connectivity index (χ4v) is 2.64. The van der Waals surface area contributed by atoms with Crippen molar-refractivity contribution < 1.29 is 4.74 Å². The van der Waals surface area contributed by atoms with E-state index in [4.69, 9.17) is 4.74 Å². The van der Waals surface area contributed by atoms with E-state index in [2.05, 4.69) is 25.9 Å². The van der Waals surface area contributed by atoms with Crippen molar-refractivity contribution in [2.75, 3.05) is 13.7 Å². The lowest BCUT2D eigenvalue weighted by Crippen LogP contribution is -2.46. The Morgan fingerprint density at radius 3 is 2.81 bits per heavy atom. The van der Waals surface area contributed by atoms with E-state index >= 15 is 0 Å². The normalized spacial score (nSPS) is 26.9. The first-order valence-corrected chi connectivity index (χ1v) is 6.65. The first kappa shape index (κ1) is 13.7. The van der Waals surface area contributed by atoms with Crippen LogP contribution in [0.4, 0.5) is 0 Å². The highest BCUT2D eigenvalue weighted by atomic mass is 16.5. The van der Waals surface area contributed by atoms with Crippen molar-refractivity contribution in [1.82, 2.24) is 5.32 Å². The summed E-state index contributed by atoms with van der Waals surface area (Å²) >= 11 is 0. The molecule has 1 fully saturated rings. The van der Waals surface area contributed by atoms with Gasteiger partial charge in [-0.3, -0.25) is 0 Å². The van der Waals surface area contributed by atoms with Crippen LogP contribution in [0.3, 0.4) is 0 Å². The Hall–Kier alpha value is -0.340. The first-order valence-electron chi connectivity index (χ1n) is 6.65. The molecule has 2 unspecified atom stereocenters. The Bertz CT molecular complexity index is 197. The minimum Gasteiger partial charge on any atom is -0.374 e. The van der Waals surface area contributed by atoms with Crippen LogP contribution in [-0.4, -0.2) is 25.3 Å². The number of likely N-dealkylation sites (N-methyl/N-ethyl adjacent to an activating group) is 1. The van der Waals surface area contributed by atoms with Crippen LogP contribution in [0.15, 0.2) is 12.7 Å². The lowest BCUT2D eigenvalue weighted by atomic mass is 9.89. The minimum absolute atomic E-state index is 0.0766. The number of unbranched alkanes of at least 4 members (excludes halogenated alkanes) is 3. The molecule has 0 spiro atoms. The van der Waals surface area contributed by atoms with Crippen LogP contribution in [0.5, 0.6) is 0 Å². The van der Waals surface area contributed by atoms with E-state index in [0.717, 1.165) is 13.0 Å². The predicted octanol–water partition coefficient (Wildman–Crippen LogP) is 3.28. The summed E-state index contributed by atoms with van der Waals surface area (Å²) in [6.45, 7) is 6.94. The summed E-state index contributed by atoms with van der Waals surface area (Å²) in [5, 5.41) is 3.43. The molecule has 0 amide bonds. The topological polar surface area (TPSA) is 21.3 Å². The molecule has 1 saturated heterocycles. The third-order valence-corrected chi connectivity index (χ3v) is 3.74. The Morgan fingerprint density at radius 1 is 1.44 bits per heavy atom. The predicted molar refractivity (Wildman–Crippen MR) is 69.7 cm³/mol. The molecule has 2 nitrogen and oxygen atoms in total. The van der Waals surface area contributed by atoms with Crippen molar-refractivity contribution in [3.05, 3.63) is 12.7 Å². The van der Waals surface area contributed by atoms with Crippen LogP contribution in [0, 0.1) is 0 Å². The van der Waals surface area contributed by atoms with Crippen molar-refractivity contribution in [3.8, 4) is 0 Å². The molecule has 1 heterocycles. The summed E-state index contributed by atoms with van der Waals surface area (Å²) < 4.78 is 5.89. The average molecular weight is 225 g/mol. The monoisotopic (exact) mass is 225 g/mol. The van der Waals surface area contributed by atoms with Crippen molar-refractivity contribution in [1.29, 1.82) is 0 Å². The van der Waals surface area contributed by atoms with E-state index in [0.29, 0.717) is 6.04 Å². The van der Waals surface area contributed by atoms with Crippen LogP contribution >= 0.6 is 0 Å². The summed E-state index contributed by atoms with van der Waals surface area (Å²) in [6.07, 6.45) is 10.7. The molecule has 1 N–H and O–H groups in total. The first-order chi connectivity index (χ1) is 7.73. The zero-order valence-electron chi connectivity index (χ0n) is 10.9. The van der Waals surface area contributed by atoms with Gasteiger partial charge in [0.25, 0.3) is 0 Å². The van der Waals surface area contributed by atoms with Gasteiger partial charge in [0.1, 0.15) is 0 Å². The summed E-state index contributed by atoms with van der Waals surface area (Å²) in [6, 6.07) is 0.513. The third-order valence-electron chi connectivity index (χ3n) is 3.74. The third kappa shape index (κ3) is 3.91. The molecule has 1 aliphatic rings. The van der Waals surface area contributed by atoms with Crippen LogP contribution in [-0.2, 0) is 4.74 Å². The highest BCUT2D eigenvalue weighted by molar-refractivity contribution is 4.91. The number of allylic oxidation sites excluding steroid dienone is 1. The molecule has 0 aromatic carbocycles. The molecule has 94 valence electrons. The SMILES string of the molecule is C=CCCCCCC(NC)C1(C)CCCO1. The molecule has 0 aromatic rings. The summed E-state index contributed by atoms with van der Waals surface area (Å²) in [5.41, 5.74) is 0.0766. The van der Waals surface area contributed by atoms with Crippen LogP contribution < -0.4 is 5.32 Å². The average Bonchev–Trinajstić information content (AvgIpc) is 2.71. The van der Waals surface area contributed by atoms with Gasteiger partial charge < -0.3 is 10.1 Å². The second-order valence-corrected chi connectivity index (χ2v) is 5.03. The van der Waals surface area contributed by atoms with E-state index in [9.17, 15) is 0 Å². The van der Waals surface area contributed by atoms with Crippen molar-refractivity contribution >= 4 is 0 Å². The molecule has 0 bridgehead atoms. The van der Waals surface area contributed by atoms with Gasteiger partial charge in [-0.15, -0.1) is 6.58 Å². The van der Waals surface area contributed by atoms with Gasteiger partial charge in [0.05, 0.1) is 5.60 Å². The van der Waals surface area contributed by atoms with Gasteiger partial charge in [0.15, 0.2) is 0 Å². The van der Waals surface area contributed by atoms with Crippen LogP contribution in [0.1, 0.15) is 51.9 Å². The highest BCUT2D eigenvalue weighted by Gasteiger charge is 2.36. The second kappa shape index (κ2) is 7.08. The molecule has 1 rings (SSSR count). The Kier molecular flexibility index (Phi) is 6.07. The molecule has 1 aliphatic heterocycles. The number of rotatable bonds is 8. The second-order valence-electron chi connectivity index (χ2n) is 5.03. The molecular weight excluding hydrogens is 198 g/mol. The number of hydrogen-bond donors (Lipinski definition) is 1. The van der Waals surface area contributed by atoms with Crippen molar-refractivity contribution in [3.63, 3.8) is 0 Å². The summed E-state index contributed by atoms with van der Waals surface area (Å²) in [7, 11) is 2.06. The molecular formula is C14H27NO. The smallest absolute Gasteiger partial charge is 0.0807 e. The zero-order valence-corrected chi connectivity index (χ0v) is 10.9. The maximum absolute atomic E-state index is 5.89. The van der Waals surface area contributed by atoms with Gasteiger partial charge in [-0.1, -0.05) is 18.9 Å². The zero-order chi connectivity index (χ0) is 11.9. The van der Waals surface area contributed by atoms with Gasteiger partial charge in [0.2, 0.25) is 0 Å². The molecule has 0 aromatic heterocycles. The lowest BCUT2D eigenvalue weighted by molar-refractivity contribution is -0.0124. The minimum atomic E-state index is 0.0766. The molecule has 0 saturated carbocycles. The van der Waals surface area contributed by atoms with Gasteiger partial charge in [0, 0.05) is 12.6 Å². The Labute approximate surface area is 100 Å². The largest absolute Gasteiger partial charge is 0.374 e. The van der Waals surface area contributed by atoms with Crippen LogP contribution in [0.25, 0.3) is 0 Å². The van der Waals surface area contributed by atoms with Gasteiger partial charge >= 0.3 is 0 Å². The number of nitrogens with one attached hydrogen (secondary N) is 1. The maximum atomic E-state index is 5.89. The fraction of sp³-hybridized carbons (Fsp3) is 0.857. The lowest BCUT2D eigenvalue weighted by Gasteiger charge is -2.33. The summed E-state index contributed by atoms with van der Waals surface area (Å²) in [4.78, 5) is 0. The Morgan fingerprint density at radius 2 is 2.25 bits per heavy atom. The van der Waals surface area contributed by atoms with Gasteiger partial charge in [-0.05, 0) is 46.1 Å². The van der Waals surface area contributed by atoms with E-state index < -0.39 is 0 Å². The standard InChI is InChI=1S/C14H27NO/c1-4-5-6-7-8-10-13(15-3)14(2)11-9-12-16-14/h4,13,15H,1,5-12H2,2-3H3. The highest BCUT2D eigenvalue weighted by Crippen LogP contribution is 2.30.